The molecule has 1 aliphatic rings. The minimum absolute atomic E-state index is 0.0274. The van der Waals surface area contributed by atoms with Crippen LogP contribution in [0.25, 0.3) is 0 Å². The number of benzene rings is 1. The van der Waals surface area contributed by atoms with Crippen molar-refractivity contribution in [2.45, 2.75) is 96.7 Å². The maximum Gasteiger partial charge on any atom is 0.338 e. The molecular formula is C22H35NO2. The number of hydrogen-bond acceptors (Lipinski definition) is 3. The average Bonchev–Trinajstić information content (AvgIpc) is 2.49. The monoisotopic (exact) mass is 345 g/mol. The Balaban J connectivity index is 2.18. The number of piperidine rings is 1. The highest BCUT2D eigenvalue weighted by Crippen LogP contribution is 2.32. The molecule has 1 unspecified atom stereocenters. The molecule has 0 amide bonds. The van der Waals surface area contributed by atoms with Gasteiger partial charge in [-0.25, -0.2) is 4.79 Å². The molecule has 1 aliphatic heterocycles. The molecule has 0 spiro atoms. The van der Waals surface area contributed by atoms with Crippen LogP contribution in [-0.4, -0.2) is 23.2 Å². The van der Waals surface area contributed by atoms with Crippen molar-refractivity contribution in [3.63, 3.8) is 0 Å². The Bertz CT molecular complexity index is 575. The molecule has 3 nitrogen and oxygen atoms in total. The van der Waals surface area contributed by atoms with Crippen molar-refractivity contribution < 1.29 is 9.53 Å². The largest absolute Gasteiger partial charge is 0.459 e. The van der Waals surface area contributed by atoms with Crippen LogP contribution in [0.1, 0.15) is 95.5 Å². The lowest BCUT2D eigenvalue weighted by Gasteiger charge is -2.45. The fourth-order valence-corrected chi connectivity index (χ4v) is 4.49. The third kappa shape index (κ3) is 5.31. The van der Waals surface area contributed by atoms with Crippen LogP contribution in [-0.2, 0) is 4.74 Å². The molecule has 1 aromatic rings. The maximum absolute atomic E-state index is 12.9. The van der Waals surface area contributed by atoms with Gasteiger partial charge >= 0.3 is 5.97 Å². The fourth-order valence-electron chi connectivity index (χ4n) is 4.49. The summed E-state index contributed by atoms with van der Waals surface area (Å²) in [4.78, 5) is 12.9. The van der Waals surface area contributed by atoms with Gasteiger partial charge in [0.15, 0.2) is 0 Å². The Morgan fingerprint density at radius 2 is 1.76 bits per heavy atom. The molecule has 0 aliphatic carbocycles. The van der Waals surface area contributed by atoms with Crippen molar-refractivity contribution in [3.8, 4) is 0 Å². The topological polar surface area (TPSA) is 38.3 Å². The number of esters is 1. The van der Waals surface area contributed by atoms with Crippen LogP contribution >= 0.6 is 0 Å². The summed E-state index contributed by atoms with van der Waals surface area (Å²) in [7, 11) is 0. The molecule has 25 heavy (non-hydrogen) atoms. The van der Waals surface area contributed by atoms with Crippen LogP contribution < -0.4 is 5.32 Å². The standard InChI is InChI=1S/C22H35NO2/c1-7-11-16(8-2)18-12-9-10-13-19(18)20(24)25-17-14-21(3,4)23-22(5,6)15-17/h9-10,12-13,16-17,23H,7-8,11,14-15H2,1-6H3. The summed E-state index contributed by atoms with van der Waals surface area (Å²) in [6.45, 7) is 13.1. The number of nitrogens with one attached hydrogen (secondary N) is 1. The van der Waals surface area contributed by atoms with E-state index in [0.29, 0.717) is 5.92 Å². The van der Waals surface area contributed by atoms with Gasteiger partial charge in [0.05, 0.1) is 5.56 Å². The van der Waals surface area contributed by atoms with Crippen molar-refractivity contribution in [2.24, 2.45) is 0 Å². The molecule has 2 rings (SSSR count). The average molecular weight is 346 g/mol. The molecule has 1 heterocycles. The Labute approximate surface area is 153 Å². The number of carbonyl (C=O) groups excluding carboxylic acids is 1. The molecule has 1 atom stereocenters. The highest BCUT2D eigenvalue weighted by atomic mass is 16.5. The van der Waals surface area contributed by atoms with E-state index < -0.39 is 0 Å². The van der Waals surface area contributed by atoms with E-state index >= 15 is 0 Å². The number of hydrogen-bond donors (Lipinski definition) is 1. The van der Waals surface area contributed by atoms with Gasteiger partial charge in [0.1, 0.15) is 6.10 Å². The van der Waals surface area contributed by atoms with Crippen LogP contribution in [0.2, 0.25) is 0 Å². The molecule has 0 saturated carbocycles. The van der Waals surface area contributed by atoms with Gasteiger partial charge in [-0.2, -0.15) is 0 Å². The summed E-state index contributed by atoms with van der Waals surface area (Å²) < 4.78 is 5.98. The second-order valence-corrected chi connectivity index (χ2v) is 8.81. The summed E-state index contributed by atoms with van der Waals surface area (Å²) >= 11 is 0. The zero-order valence-corrected chi connectivity index (χ0v) is 16.8. The molecule has 1 saturated heterocycles. The second kappa shape index (κ2) is 7.90. The maximum atomic E-state index is 12.9. The van der Waals surface area contributed by atoms with Crippen molar-refractivity contribution in [2.75, 3.05) is 0 Å². The van der Waals surface area contributed by atoms with Gasteiger partial charge in [-0.15, -0.1) is 0 Å². The zero-order valence-electron chi connectivity index (χ0n) is 16.8. The highest BCUT2D eigenvalue weighted by Gasteiger charge is 2.39. The first kappa shape index (κ1) is 20.0. The predicted octanol–water partition coefficient (Wildman–Crippen LogP) is 5.45. The van der Waals surface area contributed by atoms with Crippen LogP contribution in [0.15, 0.2) is 24.3 Å². The summed E-state index contributed by atoms with van der Waals surface area (Å²) in [5.41, 5.74) is 1.84. The number of rotatable bonds is 6. The Hall–Kier alpha value is -1.35. The first-order valence-electron chi connectivity index (χ1n) is 9.76. The summed E-state index contributed by atoms with van der Waals surface area (Å²) in [5, 5.41) is 3.64. The van der Waals surface area contributed by atoms with Crippen LogP contribution in [0, 0.1) is 0 Å². The van der Waals surface area contributed by atoms with Crippen LogP contribution in [0.3, 0.4) is 0 Å². The molecule has 0 radical (unpaired) electrons. The minimum atomic E-state index is -0.163. The van der Waals surface area contributed by atoms with E-state index in [4.69, 9.17) is 4.74 Å². The molecular weight excluding hydrogens is 310 g/mol. The SMILES string of the molecule is CCCC(CC)c1ccccc1C(=O)OC1CC(C)(C)NC(C)(C)C1. The highest BCUT2D eigenvalue weighted by molar-refractivity contribution is 5.91. The second-order valence-electron chi connectivity index (χ2n) is 8.81. The molecule has 3 heteroatoms. The third-order valence-corrected chi connectivity index (χ3v) is 5.18. The van der Waals surface area contributed by atoms with Gasteiger partial charge in [-0.1, -0.05) is 38.5 Å². The Morgan fingerprint density at radius 1 is 1.16 bits per heavy atom. The van der Waals surface area contributed by atoms with Crippen molar-refractivity contribution in [1.29, 1.82) is 0 Å². The lowest BCUT2D eigenvalue weighted by atomic mass is 9.81. The predicted molar refractivity (Wildman–Crippen MR) is 104 cm³/mol. The molecule has 1 N–H and O–H groups in total. The van der Waals surface area contributed by atoms with Gasteiger partial charge in [-0.05, 0) is 58.1 Å². The van der Waals surface area contributed by atoms with E-state index in [1.807, 2.05) is 18.2 Å². The first-order chi connectivity index (χ1) is 11.7. The van der Waals surface area contributed by atoms with Crippen LogP contribution in [0.5, 0.6) is 0 Å². The molecule has 0 aromatic heterocycles. The lowest BCUT2D eigenvalue weighted by Crippen LogP contribution is -2.59. The number of ether oxygens (including phenoxy) is 1. The molecule has 140 valence electrons. The van der Waals surface area contributed by atoms with E-state index in [1.165, 1.54) is 0 Å². The third-order valence-electron chi connectivity index (χ3n) is 5.18. The zero-order chi connectivity index (χ0) is 18.7. The van der Waals surface area contributed by atoms with E-state index in [1.54, 1.807) is 0 Å². The van der Waals surface area contributed by atoms with Gasteiger partial charge in [0.25, 0.3) is 0 Å². The van der Waals surface area contributed by atoms with Gasteiger partial charge in [0.2, 0.25) is 0 Å². The molecule has 1 aromatic carbocycles. The van der Waals surface area contributed by atoms with Gasteiger partial charge in [0, 0.05) is 23.9 Å². The van der Waals surface area contributed by atoms with Gasteiger partial charge in [-0.3, -0.25) is 0 Å². The van der Waals surface area contributed by atoms with E-state index in [9.17, 15) is 4.79 Å². The summed E-state index contributed by atoms with van der Waals surface area (Å²) in [6.07, 6.45) is 4.92. The van der Waals surface area contributed by atoms with E-state index in [0.717, 1.165) is 43.2 Å². The fraction of sp³-hybridized carbons (Fsp3) is 0.682. The van der Waals surface area contributed by atoms with E-state index in [2.05, 4.69) is 52.9 Å². The normalized spacial score (nSPS) is 20.9. The Kier molecular flexibility index (Phi) is 6.31. The summed E-state index contributed by atoms with van der Waals surface area (Å²) in [5.74, 6) is 0.262. The summed E-state index contributed by atoms with van der Waals surface area (Å²) in [6, 6.07) is 7.99. The smallest absolute Gasteiger partial charge is 0.338 e. The van der Waals surface area contributed by atoms with Crippen molar-refractivity contribution >= 4 is 5.97 Å². The lowest BCUT2D eigenvalue weighted by molar-refractivity contribution is -0.00651. The van der Waals surface area contributed by atoms with Gasteiger partial charge < -0.3 is 10.1 Å². The molecule has 0 bridgehead atoms. The first-order valence-corrected chi connectivity index (χ1v) is 9.76. The quantitative estimate of drug-likeness (QED) is 0.697. The Morgan fingerprint density at radius 3 is 2.32 bits per heavy atom. The minimum Gasteiger partial charge on any atom is -0.459 e. The van der Waals surface area contributed by atoms with Crippen molar-refractivity contribution in [3.05, 3.63) is 35.4 Å². The molecule has 1 fully saturated rings. The van der Waals surface area contributed by atoms with Crippen molar-refractivity contribution in [1.82, 2.24) is 5.32 Å². The van der Waals surface area contributed by atoms with E-state index in [-0.39, 0.29) is 23.2 Å². The number of carbonyl (C=O) groups is 1. The van der Waals surface area contributed by atoms with Crippen LogP contribution in [0.4, 0.5) is 0 Å².